The van der Waals surface area contributed by atoms with Crippen molar-refractivity contribution in [3.8, 4) is 0 Å². The Morgan fingerprint density at radius 1 is 1.12 bits per heavy atom. The summed E-state index contributed by atoms with van der Waals surface area (Å²) in [6, 6.07) is 14.9. The second-order valence-corrected chi connectivity index (χ2v) is 8.19. The van der Waals surface area contributed by atoms with Crippen molar-refractivity contribution in [3.63, 3.8) is 0 Å². The average molecular weight is 438 g/mol. The van der Waals surface area contributed by atoms with E-state index in [4.69, 9.17) is 0 Å². The lowest BCUT2D eigenvalue weighted by Gasteiger charge is -2.39. The molecule has 1 N–H and O–H groups in total. The maximum Gasteiger partial charge on any atom is 0.416 e. The molecular formula is C24H21F3N4O. The largest absolute Gasteiger partial charge is 0.416 e. The monoisotopic (exact) mass is 438 g/mol. The van der Waals surface area contributed by atoms with Gasteiger partial charge in [0.1, 0.15) is 0 Å². The summed E-state index contributed by atoms with van der Waals surface area (Å²) in [7, 11) is 0. The highest BCUT2D eigenvalue weighted by atomic mass is 19.4. The van der Waals surface area contributed by atoms with Gasteiger partial charge in [-0.05, 0) is 23.6 Å². The fourth-order valence-corrected chi connectivity index (χ4v) is 5.02. The Morgan fingerprint density at radius 3 is 2.62 bits per heavy atom. The van der Waals surface area contributed by atoms with Gasteiger partial charge in [0.25, 0.3) is 5.91 Å². The Kier molecular flexibility index (Phi) is 4.69. The van der Waals surface area contributed by atoms with E-state index < -0.39 is 17.2 Å². The lowest BCUT2D eigenvalue weighted by atomic mass is 9.65. The minimum atomic E-state index is -4.48. The molecule has 2 aromatic carbocycles. The van der Waals surface area contributed by atoms with Gasteiger partial charge in [-0.15, -0.1) is 5.11 Å². The summed E-state index contributed by atoms with van der Waals surface area (Å²) in [4.78, 5) is 15.4. The van der Waals surface area contributed by atoms with Gasteiger partial charge in [0.2, 0.25) is 0 Å². The van der Waals surface area contributed by atoms with Crippen molar-refractivity contribution >= 4 is 5.91 Å². The molecule has 8 heteroatoms. The lowest BCUT2D eigenvalue weighted by Crippen LogP contribution is -2.41. The van der Waals surface area contributed by atoms with Crippen LogP contribution in [0.25, 0.3) is 0 Å². The summed E-state index contributed by atoms with van der Waals surface area (Å²) in [6.07, 6.45) is -4.06. The van der Waals surface area contributed by atoms with Gasteiger partial charge < -0.3 is 10.2 Å². The van der Waals surface area contributed by atoms with Gasteiger partial charge in [0.05, 0.1) is 29.6 Å². The SMILES string of the molecule is CC[C@@]1(c2cccc(C(F)(F)F)c2)C2=C(N=NC2)NC2=C1C(=O)N(Cc1ccccc1)C2. The molecule has 0 aromatic heterocycles. The molecule has 0 aliphatic carbocycles. The first-order chi connectivity index (χ1) is 15.3. The van der Waals surface area contributed by atoms with Gasteiger partial charge >= 0.3 is 6.18 Å². The number of carbonyl (C=O) groups is 1. The van der Waals surface area contributed by atoms with Gasteiger partial charge in [-0.1, -0.05) is 55.5 Å². The van der Waals surface area contributed by atoms with Crippen LogP contribution in [0, 0.1) is 0 Å². The molecule has 5 rings (SSSR count). The summed E-state index contributed by atoms with van der Waals surface area (Å²) < 4.78 is 40.6. The minimum Gasteiger partial charge on any atom is -0.340 e. The number of rotatable bonds is 4. The predicted octanol–water partition coefficient (Wildman–Crippen LogP) is 4.93. The molecule has 3 aliphatic heterocycles. The van der Waals surface area contributed by atoms with Gasteiger partial charge in [-0.3, -0.25) is 4.79 Å². The smallest absolute Gasteiger partial charge is 0.340 e. The van der Waals surface area contributed by atoms with E-state index in [-0.39, 0.29) is 12.5 Å². The summed E-state index contributed by atoms with van der Waals surface area (Å²) >= 11 is 0. The highest BCUT2D eigenvalue weighted by Crippen LogP contribution is 2.51. The van der Waals surface area contributed by atoms with E-state index in [1.165, 1.54) is 6.07 Å². The normalized spacial score (nSPS) is 22.4. The standard InChI is InChI=1S/C24H21F3N4O/c1-2-23(16-9-6-10-17(11-16)24(25,26)27)18-12-28-30-21(18)29-19-14-31(22(32)20(19)23)13-15-7-4-3-5-8-15/h3-11,29H,2,12-14H2,1H3/t23-/m1/s1. The highest BCUT2D eigenvalue weighted by Gasteiger charge is 2.52. The summed E-state index contributed by atoms with van der Waals surface area (Å²) in [6.45, 7) is 2.90. The maximum atomic E-state index is 13.7. The van der Waals surface area contributed by atoms with Crippen molar-refractivity contribution in [2.24, 2.45) is 10.2 Å². The number of hydrogen-bond acceptors (Lipinski definition) is 4. The molecule has 0 saturated carbocycles. The van der Waals surface area contributed by atoms with Crippen LogP contribution in [-0.4, -0.2) is 23.9 Å². The Balaban J connectivity index is 1.62. The average Bonchev–Trinajstić information content (AvgIpc) is 3.37. The summed E-state index contributed by atoms with van der Waals surface area (Å²) in [5.41, 5.74) is 1.62. The van der Waals surface area contributed by atoms with Crippen LogP contribution in [0.15, 0.2) is 87.5 Å². The number of benzene rings is 2. The molecular weight excluding hydrogens is 417 g/mol. The number of alkyl halides is 3. The van der Waals surface area contributed by atoms with Gasteiger partial charge in [0, 0.05) is 17.8 Å². The van der Waals surface area contributed by atoms with Gasteiger partial charge in [-0.2, -0.15) is 18.3 Å². The van der Waals surface area contributed by atoms with Crippen molar-refractivity contribution in [1.29, 1.82) is 0 Å². The van der Waals surface area contributed by atoms with Crippen LogP contribution in [0.2, 0.25) is 0 Å². The number of hydrogen-bond donors (Lipinski definition) is 1. The zero-order valence-electron chi connectivity index (χ0n) is 17.4. The summed E-state index contributed by atoms with van der Waals surface area (Å²) in [5.74, 6) is 0.367. The number of amides is 1. The molecule has 5 nitrogen and oxygen atoms in total. The lowest BCUT2D eigenvalue weighted by molar-refractivity contribution is -0.137. The minimum absolute atomic E-state index is 0.172. The van der Waals surface area contributed by atoms with Crippen LogP contribution in [0.3, 0.4) is 0 Å². The topological polar surface area (TPSA) is 57.1 Å². The highest BCUT2D eigenvalue weighted by molar-refractivity contribution is 6.01. The van der Waals surface area contributed by atoms with E-state index in [0.29, 0.717) is 42.2 Å². The quantitative estimate of drug-likeness (QED) is 0.736. The third-order valence-corrected chi connectivity index (χ3v) is 6.48. The Bertz CT molecular complexity index is 1180. The zero-order chi connectivity index (χ0) is 22.5. The molecule has 0 radical (unpaired) electrons. The molecule has 0 spiro atoms. The van der Waals surface area contributed by atoms with Crippen molar-refractivity contribution in [3.05, 3.63) is 94.0 Å². The number of halogens is 3. The number of nitrogens with one attached hydrogen (secondary N) is 1. The molecule has 164 valence electrons. The molecule has 3 heterocycles. The number of dihydropyridines is 1. The zero-order valence-corrected chi connectivity index (χ0v) is 17.4. The molecule has 32 heavy (non-hydrogen) atoms. The first-order valence-corrected chi connectivity index (χ1v) is 10.5. The molecule has 0 bridgehead atoms. The molecule has 0 saturated heterocycles. The van der Waals surface area contributed by atoms with Crippen molar-refractivity contribution < 1.29 is 18.0 Å². The van der Waals surface area contributed by atoms with Crippen LogP contribution < -0.4 is 5.32 Å². The van der Waals surface area contributed by atoms with E-state index in [9.17, 15) is 18.0 Å². The fraction of sp³-hybridized carbons (Fsp3) is 0.292. The second kappa shape index (κ2) is 7.32. The first-order valence-electron chi connectivity index (χ1n) is 10.5. The number of azo groups is 1. The fourth-order valence-electron chi connectivity index (χ4n) is 5.02. The van der Waals surface area contributed by atoms with Crippen molar-refractivity contribution in [2.75, 3.05) is 13.1 Å². The Hall–Kier alpha value is -3.42. The van der Waals surface area contributed by atoms with Crippen molar-refractivity contribution in [1.82, 2.24) is 10.2 Å². The van der Waals surface area contributed by atoms with Gasteiger partial charge in [-0.25, -0.2) is 0 Å². The molecule has 0 unspecified atom stereocenters. The molecule has 0 fully saturated rings. The van der Waals surface area contributed by atoms with E-state index in [1.807, 2.05) is 37.3 Å². The van der Waals surface area contributed by atoms with E-state index in [0.717, 1.165) is 23.3 Å². The van der Waals surface area contributed by atoms with E-state index in [2.05, 4.69) is 15.5 Å². The number of nitrogens with zero attached hydrogens (tertiary/aromatic N) is 3. The Morgan fingerprint density at radius 2 is 1.91 bits per heavy atom. The van der Waals surface area contributed by atoms with Crippen LogP contribution in [0.4, 0.5) is 13.2 Å². The third kappa shape index (κ3) is 3.04. The second-order valence-electron chi connectivity index (χ2n) is 8.19. The predicted molar refractivity (Wildman–Crippen MR) is 112 cm³/mol. The third-order valence-electron chi connectivity index (χ3n) is 6.48. The first kappa shape index (κ1) is 20.5. The van der Waals surface area contributed by atoms with E-state index in [1.54, 1.807) is 11.0 Å². The van der Waals surface area contributed by atoms with Crippen LogP contribution in [0.1, 0.15) is 30.0 Å². The molecule has 1 amide bonds. The Labute approximate surface area is 183 Å². The van der Waals surface area contributed by atoms with Crippen LogP contribution >= 0.6 is 0 Å². The van der Waals surface area contributed by atoms with Crippen molar-refractivity contribution in [2.45, 2.75) is 31.5 Å². The van der Waals surface area contributed by atoms with Gasteiger partial charge in [0.15, 0.2) is 5.82 Å². The van der Waals surface area contributed by atoms with Crippen LogP contribution in [0.5, 0.6) is 0 Å². The molecule has 3 aliphatic rings. The molecule has 2 aromatic rings. The number of carbonyl (C=O) groups excluding carboxylic acids is 1. The van der Waals surface area contributed by atoms with Crippen LogP contribution in [-0.2, 0) is 22.9 Å². The van der Waals surface area contributed by atoms with E-state index >= 15 is 0 Å². The molecule has 1 atom stereocenters. The summed E-state index contributed by atoms with van der Waals surface area (Å²) in [5, 5.41) is 11.6. The maximum absolute atomic E-state index is 13.7.